The van der Waals surface area contributed by atoms with Gasteiger partial charge < -0.3 is 19.9 Å². The Hall–Kier alpha value is -2.95. The van der Waals surface area contributed by atoms with Crippen molar-refractivity contribution in [2.75, 3.05) is 30.3 Å². The van der Waals surface area contributed by atoms with Crippen LogP contribution in [0.5, 0.6) is 0 Å². The van der Waals surface area contributed by atoms with Crippen LogP contribution in [-0.2, 0) is 16.9 Å². The maximum atomic E-state index is 13.9. The molecule has 0 aliphatic carbocycles. The molecule has 11 heteroatoms. The summed E-state index contributed by atoms with van der Waals surface area (Å²) in [6.07, 6.45) is 2.82. The maximum Gasteiger partial charge on any atom is 0.266 e. The number of alkyl halides is 2. The van der Waals surface area contributed by atoms with E-state index in [4.69, 9.17) is 15.5 Å². The first-order valence-corrected chi connectivity index (χ1v) is 9.37. The van der Waals surface area contributed by atoms with Gasteiger partial charge in [-0.1, -0.05) is 0 Å². The number of hydrogen-bond acceptors (Lipinski definition) is 8. The molecule has 29 heavy (non-hydrogen) atoms. The minimum absolute atomic E-state index is 0.134. The lowest BCUT2D eigenvalue weighted by Gasteiger charge is -2.30. The molecule has 2 aliphatic rings. The van der Waals surface area contributed by atoms with Gasteiger partial charge >= 0.3 is 0 Å². The van der Waals surface area contributed by atoms with E-state index in [1.807, 2.05) is 18.4 Å². The molecule has 0 unspecified atom stereocenters. The Labute approximate surface area is 165 Å². The van der Waals surface area contributed by atoms with Gasteiger partial charge in [0.05, 0.1) is 18.7 Å². The van der Waals surface area contributed by atoms with Crippen molar-refractivity contribution in [1.29, 1.82) is 0 Å². The Morgan fingerprint density at radius 3 is 2.55 bits per heavy atom. The third-order valence-corrected chi connectivity index (χ3v) is 5.29. The molecular weight excluding hydrogens is 382 g/mol. The Morgan fingerprint density at radius 2 is 1.86 bits per heavy atom. The molecule has 5 heterocycles. The van der Waals surface area contributed by atoms with E-state index in [-0.39, 0.29) is 18.9 Å². The summed E-state index contributed by atoms with van der Waals surface area (Å²) >= 11 is 0. The Bertz CT molecular complexity index is 1100. The Balaban J connectivity index is 1.74. The normalized spacial score (nSPS) is 20.2. The number of anilines is 2. The first-order chi connectivity index (χ1) is 13.7. The number of rotatable bonds is 2. The molecular formula is C18H20F2N8O. The van der Waals surface area contributed by atoms with Crippen LogP contribution in [0.3, 0.4) is 0 Å². The number of hydrogen-bond donors (Lipinski definition) is 1. The maximum absolute atomic E-state index is 13.9. The molecule has 0 radical (unpaired) electrons. The molecule has 2 aliphatic heterocycles. The van der Waals surface area contributed by atoms with Crippen molar-refractivity contribution in [3.05, 3.63) is 18.2 Å². The molecule has 152 valence electrons. The number of ether oxygens (including phenoxy) is 1. The highest BCUT2D eigenvalue weighted by molar-refractivity contribution is 5.86. The lowest BCUT2D eigenvalue weighted by Crippen LogP contribution is -2.33. The smallest absolute Gasteiger partial charge is 0.266 e. The molecule has 0 amide bonds. The van der Waals surface area contributed by atoms with Crippen molar-refractivity contribution in [2.45, 2.75) is 38.3 Å². The summed E-state index contributed by atoms with van der Waals surface area (Å²) in [4.78, 5) is 23.5. The first-order valence-electron chi connectivity index (χ1n) is 9.37. The van der Waals surface area contributed by atoms with Gasteiger partial charge in [0.15, 0.2) is 22.8 Å². The molecule has 5 rings (SSSR count). The average Bonchev–Trinajstić information content (AvgIpc) is 3.22. The van der Waals surface area contributed by atoms with Gasteiger partial charge in [0.25, 0.3) is 5.92 Å². The minimum Gasteiger partial charge on any atom is -0.368 e. The quantitative estimate of drug-likeness (QED) is 0.693. The summed E-state index contributed by atoms with van der Waals surface area (Å²) in [5.74, 6) is -1.20. The van der Waals surface area contributed by atoms with Crippen molar-refractivity contribution < 1.29 is 13.5 Å². The van der Waals surface area contributed by atoms with Crippen LogP contribution in [0.4, 0.5) is 20.5 Å². The predicted molar refractivity (Wildman–Crippen MR) is 102 cm³/mol. The zero-order chi connectivity index (χ0) is 20.4. The van der Waals surface area contributed by atoms with Crippen LogP contribution in [0.15, 0.2) is 12.4 Å². The second kappa shape index (κ2) is 6.02. The lowest BCUT2D eigenvalue weighted by molar-refractivity contribution is -0.0530. The summed E-state index contributed by atoms with van der Waals surface area (Å²) in [5, 5.41) is 0. The number of aromatic nitrogens is 6. The molecule has 3 aromatic heterocycles. The summed E-state index contributed by atoms with van der Waals surface area (Å²) in [7, 11) is 0. The Kier molecular flexibility index (Phi) is 3.76. The van der Waals surface area contributed by atoms with E-state index >= 15 is 0 Å². The molecule has 1 saturated heterocycles. The van der Waals surface area contributed by atoms with Crippen LogP contribution in [0.2, 0.25) is 0 Å². The van der Waals surface area contributed by atoms with Crippen molar-refractivity contribution >= 4 is 22.9 Å². The van der Waals surface area contributed by atoms with E-state index in [0.29, 0.717) is 47.3 Å². The minimum atomic E-state index is -2.76. The monoisotopic (exact) mass is 402 g/mol. The fraction of sp³-hybridized carbons (Fsp3) is 0.500. The highest BCUT2D eigenvalue weighted by atomic mass is 19.3. The standard InChI is InChI=1S/C18H20F2N8O/c1-17(2)15-24-11-13(27-4-3-18(19,20)9-27)25-12(10-7-22-16(21)23-8-10)26-14(11)28(15)5-6-29-17/h7-8H,3-6,9H2,1-2H3,(H2,21,22,23). The van der Waals surface area contributed by atoms with Crippen LogP contribution < -0.4 is 10.6 Å². The van der Waals surface area contributed by atoms with Crippen LogP contribution >= 0.6 is 0 Å². The third-order valence-electron chi connectivity index (χ3n) is 5.29. The molecule has 0 saturated carbocycles. The van der Waals surface area contributed by atoms with E-state index in [1.165, 1.54) is 12.4 Å². The molecule has 2 N–H and O–H groups in total. The van der Waals surface area contributed by atoms with Crippen LogP contribution in [0.1, 0.15) is 26.1 Å². The summed E-state index contributed by atoms with van der Waals surface area (Å²) in [6, 6.07) is 0. The SMILES string of the molecule is CC1(C)OCCn2c1nc1c(N3CCC(F)(F)C3)nc(-c3cnc(N)nc3)nc12. The van der Waals surface area contributed by atoms with E-state index in [2.05, 4.69) is 19.9 Å². The van der Waals surface area contributed by atoms with E-state index in [9.17, 15) is 8.78 Å². The summed E-state index contributed by atoms with van der Waals surface area (Å²) in [6.45, 7) is 4.72. The number of nitrogen functional groups attached to an aromatic ring is 1. The number of halogens is 2. The van der Waals surface area contributed by atoms with E-state index < -0.39 is 18.1 Å². The average molecular weight is 402 g/mol. The molecule has 9 nitrogen and oxygen atoms in total. The highest BCUT2D eigenvalue weighted by Gasteiger charge is 2.41. The third kappa shape index (κ3) is 2.96. The van der Waals surface area contributed by atoms with E-state index in [1.54, 1.807) is 4.90 Å². The van der Waals surface area contributed by atoms with Gasteiger partial charge in [0.2, 0.25) is 5.95 Å². The number of nitrogens with two attached hydrogens (primary N) is 1. The van der Waals surface area contributed by atoms with Crippen LogP contribution in [-0.4, -0.2) is 55.1 Å². The van der Waals surface area contributed by atoms with Gasteiger partial charge in [-0.25, -0.2) is 33.7 Å². The van der Waals surface area contributed by atoms with Gasteiger partial charge in [-0.3, -0.25) is 0 Å². The van der Waals surface area contributed by atoms with Crippen molar-refractivity contribution in [3.63, 3.8) is 0 Å². The van der Waals surface area contributed by atoms with Crippen LogP contribution in [0.25, 0.3) is 22.6 Å². The lowest BCUT2D eigenvalue weighted by atomic mass is 10.1. The topological polar surface area (TPSA) is 108 Å². The van der Waals surface area contributed by atoms with Gasteiger partial charge in [-0.2, -0.15) is 0 Å². The molecule has 1 fully saturated rings. The Morgan fingerprint density at radius 1 is 1.10 bits per heavy atom. The summed E-state index contributed by atoms with van der Waals surface area (Å²) in [5.41, 5.74) is 6.60. The van der Waals surface area contributed by atoms with Crippen molar-refractivity contribution in [3.8, 4) is 11.4 Å². The zero-order valence-electron chi connectivity index (χ0n) is 16.1. The molecule has 3 aromatic rings. The van der Waals surface area contributed by atoms with E-state index in [0.717, 1.165) is 0 Å². The molecule has 0 bridgehead atoms. The molecule has 0 atom stereocenters. The second-order valence-electron chi connectivity index (χ2n) is 7.85. The van der Waals surface area contributed by atoms with Gasteiger partial charge in [0.1, 0.15) is 11.4 Å². The molecule has 0 spiro atoms. The van der Waals surface area contributed by atoms with Gasteiger partial charge in [-0.05, 0) is 13.8 Å². The molecule has 0 aromatic carbocycles. The zero-order valence-corrected chi connectivity index (χ0v) is 16.1. The fourth-order valence-corrected chi connectivity index (χ4v) is 3.83. The second-order valence-corrected chi connectivity index (χ2v) is 7.85. The van der Waals surface area contributed by atoms with Crippen LogP contribution in [0, 0.1) is 0 Å². The number of fused-ring (bicyclic) bond motifs is 3. The van der Waals surface area contributed by atoms with Gasteiger partial charge in [0, 0.05) is 31.9 Å². The number of imidazole rings is 1. The van der Waals surface area contributed by atoms with Crippen molar-refractivity contribution in [2.24, 2.45) is 0 Å². The highest BCUT2D eigenvalue weighted by Crippen LogP contribution is 2.37. The fourth-order valence-electron chi connectivity index (χ4n) is 3.83. The number of nitrogens with zero attached hydrogens (tertiary/aromatic N) is 7. The first kappa shape index (κ1) is 18.1. The van der Waals surface area contributed by atoms with Crippen molar-refractivity contribution in [1.82, 2.24) is 29.5 Å². The summed E-state index contributed by atoms with van der Waals surface area (Å²) < 4.78 is 35.7. The van der Waals surface area contributed by atoms with Gasteiger partial charge in [-0.15, -0.1) is 0 Å². The largest absolute Gasteiger partial charge is 0.368 e. The predicted octanol–water partition coefficient (Wildman–Crippen LogP) is 1.98.